The first-order chi connectivity index (χ1) is 9.08. The van der Waals surface area contributed by atoms with E-state index >= 15 is 0 Å². The third-order valence-electron chi connectivity index (χ3n) is 2.92. The van der Waals surface area contributed by atoms with Gasteiger partial charge in [0.15, 0.2) is 0 Å². The van der Waals surface area contributed by atoms with Crippen molar-refractivity contribution < 1.29 is 4.79 Å². The van der Waals surface area contributed by atoms with Gasteiger partial charge in [0.05, 0.1) is 5.25 Å². The van der Waals surface area contributed by atoms with Gasteiger partial charge < -0.3 is 10.6 Å². The molecule has 0 aliphatic heterocycles. The maximum atomic E-state index is 11.7. The average Bonchev–Trinajstić information content (AvgIpc) is 2.40. The number of hydrogen-bond acceptors (Lipinski definition) is 3. The van der Waals surface area contributed by atoms with Crippen molar-refractivity contribution in [2.24, 2.45) is 0 Å². The lowest BCUT2D eigenvalue weighted by atomic mass is 10.1. The van der Waals surface area contributed by atoms with Crippen LogP contribution in [0.3, 0.4) is 0 Å². The van der Waals surface area contributed by atoms with Gasteiger partial charge in [-0.25, -0.2) is 0 Å². The van der Waals surface area contributed by atoms with Gasteiger partial charge in [-0.15, -0.1) is 11.8 Å². The summed E-state index contributed by atoms with van der Waals surface area (Å²) in [5.41, 5.74) is 1.27. The van der Waals surface area contributed by atoms with Gasteiger partial charge in [-0.2, -0.15) is 0 Å². The Bertz CT molecular complexity index is 392. The highest BCUT2D eigenvalue weighted by atomic mass is 32.2. The normalized spacial score (nSPS) is 13.9. The molecule has 0 aliphatic carbocycles. The summed E-state index contributed by atoms with van der Waals surface area (Å²) in [6.45, 7) is 9.78. The highest BCUT2D eigenvalue weighted by Crippen LogP contribution is 2.25. The van der Waals surface area contributed by atoms with Crippen molar-refractivity contribution in [1.82, 2.24) is 10.6 Å². The molecule has 0 bridgehead atoms. The van der Waals surface area contributed by atoms with Crippen molar-refractivity contribution in [1.29, 1.82) is 0 Å². The van der Waals surface area contributed by atoms with Crippen LogP contribution in [-0.2, 0) is 4.79 Å². The summed E-state index contributed by atoms with van der Waals surface area (Å²) >= 11 is 1.59. The van der Waals surface area contributed by atoms with Gasteiger partial charge in [-0.3, -0.25) is 4.79 Å². The van der Waals surface area contributed by atoms with E-state index in [0.29, 0.717) is 12.6 Å². The van der Waals surface area contributed by atoms with Gasteiger partial charge in [-0.05, 0) is 45.0 Å². The van der Waals surface area contributed by atoms with Crippen LogP contribution in [0.25, 0.3) is 0 Å². The molecule has 1 aromatic carbocycles. The lowest BCUT2D eigenvalue weighted by Crippen LogP contribution is -2.30. The van der Waals surface area contributed by atoms with Gasteiger partial charge >= 0.3 is 0 Å². The summed E-state index contributed by atoms with van der Waals surface area (Å²) < 4.78 is 0. The summed E-state index contributed by atoms with van der Waals surface area (Å²) in [7, 11) is 0. The molecule has 0 heterocycles. The van der Waals surface area contributed by atoms with Gasteiger partial charge in [0.25, 0.3) is 0 Å². The maximum Gasteiger partial charge on any atom is 0.233 e. The van der Waals surface area contributed by atoms with E-state index < -0.39 is 0 Å². The molecule has 0 aliphatic rings. The number of benzene rings is 1. The highest BCUT2D eigenvalue weighted by Gasteiger charge is 2.13. The monoisotopic (exact) mass is 280 g/mol. The Labute approximate surface area is 120 Å². The largest absolute Gasteiger partial charge is 0.355 e. The number of hydrogen-bond donors (Lipinski definition) is 2. The van der Waals surface area contributed by atoms with Crippen molar-refractivity contribution >= 4 is 17.7 Å². The van der Waals surface area contributed by atoms with Crippen LogP contribution in [0.2, 0.25) is 0 Å². The summed E-state index contributed by atoms with van der Waals surface area (Å²) in [5, 5.41) is 6.17. The Kier molecular flexibility index (Phi) is 6.95. The molecule has 4 heteroatoms. The molecule has 3 nitrogen and oxygen atoms in total. The molecule has 2 N–H and O–H groups in total. The minimum absolute atomic E-state index is 0.0583. The molecule has 2 atom stereocenters. The van der Waals surface area contributed by atoms with E-state index in [2.05, 4.69) is 48.7 Å². The first-order valence-corrected chi connectivity index (χ1v) is 7.74. The van der Waals surface area contributed by atoms with E-state index in [9.17, 15) is 4.79 Å². The van der Waals surface area contributed by atoms with Crippen molar-refractivity contribution in [3.8, 4) is 0 Å². The predicted molar refractivity (Wildman–Crippen MR) is 82.5 cm³/mol. The quantitative estimate of drug-likeness (QED) is 0.755. The fourth-order valence-electron chi connectivity index (χ4n) is 1.83. The Morgan fingerprint density at radius 3 is 2.32 bits per heavy atom. The molecule has 0 saturated heterocycles. The number of carbonyl (C=O) groups excluding carboxylic acids is 1. The number of nitrogens with one attached hydrogen (secondary N) is 2. The van der Waals surface area contributed by atoms with Gasteiger partial charge in [-0.1, -0.05) is 19.1 Å². The Hall–Kier alpha value is -1.00. The van der Waals surface area contributed by atoms with E-state index in [1.54, 1.807) is 11.8 Å². The zero-order valence-corrected chi connectivity index (χ0v) is 13.0. The van der Waals surface area contributed by atoms with Crippen LogP contribution in [0.5, 0.6) is 0 Å². The molecule has 0 fully saturated rings. The molecule has 1 amide bonds. The summed E-state index contributed by atoms with van der Waals surface area (Å²) in [6, 6.07) is 8.79. The van der Waals surface area contributed by atoms with Crippen LogP contribution in [0.4, 0.5) is 0 Å². The Morgan fingerprint density at radius 2 is 1.79 bits per heavy atom. The number of carbonyl (C=O) groups is 1. The van der Waals surface area contributed by atoms with Crippen molar-refractivity contribution in [3.63, 3.8) is 0 Å². The molecule has 19 heavy (non-hydrogen) atoms. The molecule has 0 saturated carbocycles. The highest BCUT2D eigenvalue weighted by molar-refractivity contribution is 8.00. The topological polar surface area (TPSA) is 41.1 Å². The molecular weight excluding hydrogens is 256 g/mol. The summed E-state index contributed by atoms with van der Waals surface area (Å²) in [6.07, 6.45) is 0. The minimum atomic E-state index is -0.0583. The van der Waals surface area contributed by atoms with E-state index in [-0.39, 0.29) is 11.2 Å². The third kappa shape index (κ3) is 5.25. The van der Waals surface area contributed by atoms with Gasteiger partial charge in [0.2, 0.25) is 5.91 Å². The van der Waals surface area contributed by atoms with Crippen LogP contribution in [0, 0.1) is 0 Å². The first-order valence-electron chi connectivity index (χ1n) is 6.86. The zero-order chi connectivity index (χ0) is 14.3. The second kappa shape index (κ2) is 8.23. The number of amides is 1. The second-order valence-electron chi connectivity index (χ2n) is 4.50. The Balaban J connectivity index is 2.59. The van der Waals surface area contributed by atoms with Crippen LogP contribution in [0.1, 0.15) is 39.3 Å². The molecular formula is C15H24N2OS. The van der Waals surface area contributed by atoms with E-state index in [1.165, 1.54) is 5.56 Å². The smallest absolute Gasteiger partial charge is 0.233 e. The maximum absolute atomic E-state index is 11.7. The lowest BCUT2D eigenvalue weighted by Gasteiger charge is -2.14. The molecule has 0 spiro atoms. The van der Waals surface area contributed by atoms with Crippen molar-refractivity contribution in [2.75, 3.05) is 13.1 Å². The summed E-state index contributed by atoms with van der Waals surface area (Å²) in [4.78, 5) is 12.8. The first kappa shape index (κ1) is 16.1. The van der Waals surface area contributed by atoms with Crippen LogP contribution in [0.15, 0.2) is 29.2 Å². The molecule has 2 unspecified atom stereocenters. The minimum Gasteiger partial charge on any atom is -0.355 e. The van der Waals surface area contributed by atoms with E-state index in [1.807, 2.05) is 13.8 Å². The molecule has 1 aromatic rings. The predicted octanol–water partition coefficient (Wildman–Crippen LogP) is 2.97. The third-order valence-corrected chi connectivity index (χ3v) is 4.04. The van der Waals surface area contributed by atoms with Crippen LogP contribution >= 0.6 is 11.8 Å². The standard InChI is InChI=1S/C15H24N2OS/c1-5-16-11(3)13-7-9-14(10-8-13)19-12(4)15(18)17-6-2/h7-12,16H,5-6H2,1-4H3,(H,17,18). The SMILES string of the molecule is CCNC(=O)C(C)Sc1ccc(C(C)NCC)cc1. The lowest BCUT2D eigenvalue weighted by molar-refractivity contribution is -0.120. The Morgan fingerprint density at radius 1 is 1.16 bits per heavy atom. The van der Waals surface area contributed by atoms with E-state index in [4.69, 9.17) is 0 Å². The second-order valence-corrected chi connectivity index (χ2v) is 5.92. The molecule has 0 aromatic heterocycles. The van der Waals surface area contributed by atoms with Gasteiger partial charge in [0, 0.05) is 17.5 Å². The molecule has 0 radical (unpaired) electrons. The van der Waals surface area contributed by atoms with Gasteiger partial charge in [0.1, 0.15) is 0 Å². The number of thioether (sulfide) groups is 1. The van der Waals surface area contributed by atoms with Crippen LogP contribution in [-0.4, -0.2) is 24.2 Å². The fourth-order valence-corrected chi connectivity index (χ4v) is 2.73. The number of rotatable bonds is 7. The molecule has 106 valence electrons. The van der Waals surface area contributed by atoms with Crippen LogP contribution < -0.4 is 10.6 Å². The fraction of sp³-hybridized carbons (Fsp3) is 0.533. The van der Waals surface area contributed by atoms with E-state index in [0.717, 1.165) is 11.4 Å². The zero-order valence-electron chi connectivity index (χ0n) is 12.2. The van der Waals surface area contributed by atoms with Crippen molar-refractivity contribution in [2.45, 2.75) is 43.9 Å². The summed E-state index contributed by atoms with van der Waals surface area (Å²) in [5.74, 6) is 0.0950. The molecule has 1 rings (SSSR count). The van der Waals surface area contributed by atoms with Crippen molar-refractivity contribution in [3.05, 3.63) is 29.8 Å². The average molecular weight is 280 g/mol.